The zero-order chi connectivity index (χ0) is 28.3. The molecule has 9 nitrogen and oxygen atoms in total. The number of nitrogens with zero attached hydrogens (tertiary/aromatic N) is 3. The van der Waals surface area contributed by atoms with E-state index in [0.29, 0.717) is 6.54 Å². The van der Waals surface area contributed by atoms with Crippen LogP contribution in [0.15, 0.2) is 48.5 Å². The van der Waals surface area contributed by atoms with Crippen molar-refractivity contribution < 1.29 is 27.9 Å². The standard InChI is InChI=1S/C28H35F2N5O4/c1-28(2,31)26(37)32-22(17-39-16-18-7-5-4-6-8-18)25(36)34-11-12-35-24(15-33(3)27(35)38)23(34)13-19-9-10-20(29)14-21(19)30/h4-10,14,22-24H,11-13,15-17,31H2,1-3H3,(H,32,37). The second-order valence-corrected chi connectivity index (χ2v) is 10.7. The first-order valence-electron chi connectivity index (χ1n) is 12.9. The normalized spacial score (nSPS) is 20.2. The predicted molar refractivity (Wildman–Crippen MR) is 140 cm³/mol. The fraction of sp³-hybridized carbons (Fsp3) is 0.464. The molecule has 2 aromatic carbocycles. The first-order chi connectivity index (χ1) is 18.5. The summed E-state index contributed by atoms with van der Waals surface area (Å²) in [7, 11) is 1.67. The number of hydrogen-bond acceptors (Lipinski definition) is 5. The van der Waals surface area contributed by atoms with Crippen molar-refractivity contribution in [3.8, 4) is 0 Å². The number of urea groups is 1. The molecule has 3 N–H and O–H groups in total. The Morgan fingerprint density at radius 3 is 2.54 bits per heavy atom. The maximum absolute atomic E-state index is 14.7. The third kappa shape index (κ3) is 6.54. The maximum Gasteiger partial charge on any atom is 0.320 e. The number of rotatable bonds is 9. The van der Waals surface area contributed by atoms with Gasteiger partial charge in [-0.15, -0.1) is 0 Å². The number of fused-ring (bicyclic) bond motifs is 1. The third-order valence-electron chi connectivity index (χ3n) is 7.17. The maximum atomic E-state index is 14.7. The molecule has 0 spiro atoms. The van der Waals surface area contributed by atoms with Gasteiger partial charge in [0.15, 0.2) is 0 Å². The van der Waals surface area contributed by atoms with E-state index in [4.69, 9.17) is 10.5 Å². The van der Waals surface area contributed by atoms with Crippen molar-refractivity contribution in [2.75, 3.05) is 33.3 Å². The van der Waals surface area contributed by atoms with Gasteiger partial charge >= 0.3 is 6.03 Å². The highest BCUT2D eigenvalue weighted by atomic mass is 19.1. The van der Waals surface area contributed by atoms with E-state index in [1.165, 1.54) is 26.0 Å². The minimum Gasteiger partial charge on any atom is -0.374 e. The van der Waals surface area contributed by atoms with Crippen molar-refractivity contribution in [2.24, 2.45) is 5.73 Å². The number of nitrogens with two attached hydrogens (primary N) is 1. The van der Waals surface area contributed by atoms with Crippen LogP contribution in [-0.4, -0.2) is 89.5 Å². The molecule has 2 saturated heterocycles. The molecule has 11 heteroatoms. The average molecular weight is 544 g/mol. The summed E-state index contributed by atoms with van der Waals surface area (Å²) in [6.07, 6.45) is 0.0636. The van der Waals surface area contributed by atoms with Crippen LogP contribution in [0, 0.1) is 11.6 Å². The molecule has 0 saturated carbocycles. The third-order valence-corrected chi connectivity index (χ3v) is 7.17. The smallest absolute Gasteiger partial charge is 0.320 e. The number of amides is 4. The molecule has 3 unspecified atom stereocenters. The Morgan fingerprint density at radius 2 is 1.87 bits per heavy atom. The number of likely N-dealkylation sites (N-methyl/N-ethyl adjacent to an activating group) is 1. The Labute approximate surface area is 226 Å². The van der Waals surface area contributed by atoms with Gasteiger partial charge in [-0.2, -0.15) is 0 Å². The molecule has 0 aromatic heterocycles. The van der Waals surface area contributed by atoms with Gasteiger partial charge in [-0.05, 0) is 37.5 Å². The summed E-state index contributed by atoms with van der Waals surface area (Å²) >= 11 is 0. The van der Waals surface area contributed by atoms with Gasteiger partial charge in [0.1, 0.15) is 17.7 Å². The SMILES string of the molecule is CN1CC2C(Cc3ccc(F)cc3F)N(C(=O)C(COCc3ccccc3)NC(=O)C(C)(C)N)CCN2C1=O. The van der Waals surface area contributed by atoms with E-state index < -0.39 is 47.1 Å². The van der Waals surface area contributed by atoms with E-state index in [-0.39, 0.29) is 44.3 Å². The molecule has 4 amide bonds. The van der Waals surface area contributed by atoms with Crippen LogP contribution in [-0.2, 0) is 27.4 Å². The van der Waals surface area contributed by atoms with Crippen LogP contribution in [0.2, 0.25) is 0 Å². The second-order valence-electron chi connectivity index (χ2n) is 10.7. The molecule has 2 aromatic rings. The zero-order valence-corrected chi connectivity index (χ0v) is 22.4. The van der Waals surface area contributed by atoms with Gasteiger partial charge < -0.3 is 30.5 Å². The Bertz CT molecular complexity index is 1210. The average Bonchev–Trinajstić information content (AvgIpc) is 3.18. The number of carbonyl (C=O) groups is 3. The van der Waals surface area contributed by atoms with E-state index in [0.717, 1.165) is 11.6 Å². The molecule has 0 aliphatic carbocycles. The highest BCUT2D eigenvalue weighted by Gasteiger charge is 2.48. The summed E-state index contributed by atoms with van der Waals surface area (Å²) < 4.78 is 34.1. The van der Waals surface area contributed by atoms with Gasteiger partial charge in [0.05, 0.1) is 30.8 Å². The highest BCUT2D eigenvalue weighted by molar-refractivity contribution is 5.92. The number of ether oxygens (including phenoxy) is 1. The van der Waals surface area contributed by atoms with Crippen LogP contribution >= 0.6 is 0 Å². The van der Waals surface area contributed by atoms with Crippen molar-refractivity contribution in [3.05, 3.63) is 71.3 Å². The lowest BCUT2D eigenvalue weighted by Crippen LogP contribution is -2.65. The summed E-state index contributed by atoms with van der Waals surface area (Å²) in [6.45, 7) is 3.99. The van der Waals surface area contributed by atoms with E-state index in [2.05, 4.69) is 5.32 Å². The molecule has 2 heterocycles. The minimum atomic E-state index is -1.24. The number of carbonyl (C=O) groups excluding carboxylic acids is 3. The fourth-order valence-corrected chi connectivity index (χ4v) is 5.02. The van der Waals surface area contributed by atoms with E-state index in [1.807, 2.05) is 30.3 Å². The molecular weight excluding hydrogens is 508 g/mol. The van der Waals surface area contributed by atoms with Crippen LogP contribution in [0.3, 0.4) is 0 Å². The molecule has 2 aliphatic rings. The molecule has 210 valence electrons. The van der Waals surface area contributed by atoms with E-state index in [1.54, 1.807) is 21.7 Å². The Kier molecular flexibility index (Phi) is 8.51. The molecule has 4 rings (SSSR count). The van der Waals surface area contributed by atoms with E-state index in [9.17, 15) is 23.2 Å². The van der Waals surface area contributed by atoms with Crippen LogP contribution < -0.4 is 11.1 Å². The number of benzene rings is 2. The Balaban J connectivity index is 1.60. The van der Waals surface area contributed by atoms with Gasteiger partial charge in [0.25, 0.3) is 0 Å². The van der Waals surface area contributed by atoms with E-state index >= 15 is 0 Å². The Hall–Kier alpha value is -3.57. The number of piperazine rings is 1. The molecule has 39 heavy (non-hydrogen) atoms. The molecule has 3 atom stereocenters. The summed E-state index contributed by atoms with van der Waals surface area (Å²) in [5, 5.41) is 2.73. The molecule has 0 radical (unpaired) electrons. The molecular formula is C28H35F2N5O4. The lowest BCUT2D eigenvalue weighted by Gasteiger charge is -2.45. The van der Waals surface area contributed by atoms with Crippen molar-refractivity contribution >= 4 is 17.8 Å². The van der Waals surface area contributed by atoms with Crippen molar-refractivity contribution in [3.63, 3.8) is 0 Å². The summed E-state index contributed by atoms with van der Waals surface area (Å²) in [5.41, 5.74) is 5.87. The van der Waals surface area contributed by atoms with Crippen molar-refractivity contribution in [1.82, 2.24) is 20.0 Å². The van der Waals surface area contributed by atoms with Crippen LogP contribution in [0.5, 0.6) is 0 Å². The van der Waals surface area contributed by atoms with Crippen LogP contribution in [0.25, 0.3) is 0 Å². The van der Waals surface area contributed by atoms with Crippen LogP contribution in [0.4, 0.5) is 13.6 Å². The quantitative estimate of drug-likeness (QED) is 0.502. The number of hydrogen-bond donors (Lipinski definition) is 2. The fourth-order valence-electron chi connectivity index (χ4n) is 5.02. The lowest BCUT2D eigenvalue weighted by atomic mass is 9.94. The van der Waals surface area contributed by atoms with Gasteiger partial charge in [-0.25, -0.2) is 13.6 Å². The topological polar surface area (TPSA) is 108 Å². The monoisotopic (exact) mass is 543 g/mol. The zero-order valence-electron chi connectivity index (χ0n) is 22.4. The number of nitrogens with one attached hydrogen (secondary N) is 1. The van der Waals surface area contributed by atoms with Crippen LogP contribution in [0.1, 0.15) is 25.0 Å². The largest absolute Gasteiger partial charge is 0.374 e. The van der Waals surface area contributed by atoms with Gasteiger partial charge in [-0.3, -0.25) is 9.59 Å². The molecule has 0 bridgehead atoms. The van der Waals surface area contributed by atoms with Gasteiger partial charge in [0, 0.05) is 32.7 Å². The van der Waals surface area contributed by atoms with Gasteiger partial charge in [0.2, 0.25) is 11.8 Å². The van der Waals surface area contributed by atoms with Gasteiger partial charge in [-0.1, -0.05) is 36.4 Å². The minimum absolute atomic E-state index is 0.0636. The molecule has 2 fully saturated rings. The summed E-state index contributed by atoms with van der Waals surface area (Å²) in [6, 6.07) is 10.5. The van der Waals surface area contributed by atoms with Crippen molar-refractivity contribution in [2.45, 2.75) is 50.5 Å². The number of halogens is 2. The highest BCUT2D eigenvalue weighted by Crippen LogP contribution is 2.29. The predicted octanol–water partition coefficient (Wildman–Crippen LogP) is 1.89. The Morgan fingerprint density at radius 1 is 1.15 bits per heavy atom. The first kappa shape index (κ1) is 28.4. The lowest BCUT2D eigenvalue weighted by molar-refractivity contribution is -0.144. The molecule has 2 aliphatic heterocycles. The second kappa shape index (κ2) is 11.7. The first-order valence-corrected chi connectivity index (χ1v) is 12.9. The van der Waals surface area contributed by atoms with Crippen molar-refractivity contribution in [1.29, 1.82) is 0 Å². The summed E-state index contributed by atoms with van der Waals surface area (Å²) in [5.74, 6) is -2.37. The summed E-state index contributed by atoms with van der Waals surface area (Å²) in [4.78, 5) is 44.4.